The summed E-state index contributed by atoms with van der Waals surface area (Å²) in [5.41, 5.74) is 0.0320. The van der Waals surface area contributed by atoms with E-state index < -0.39 is 178 Å². The van der Waals surface area contributed by atoms with Crippen LogP contribution in [0.4, 0.5) is 0 Å². The zero-order valence-corrected chi connectivity index (χ0v) is 45.7. The summed E-state index contributed by atoms with van der Waals surface area (Å²) in [5, 5.41) is 145. The number of carboxylic acid groups (broad SMARTS) is 1. The number of aliphatic carboxylic acids is 1. The lowest BCUT2D eigenvalue weighted by atomic mass is 9.88. The Bertz CT molecular complexity index is 2050. The molecule has 4 fully saturated rings. The number of unbranched alkanes of at least 4 members (excludes halogenated alkanes) is 11. The lowest BCUT2D eigenvalue weighted by molar-refractivity contribution is -0.391. The number of aliphatic hydroxyl groups is 11. The molecule has 3 amide bonds. The maximum Gasteiger partial charge on any atom is 0.364 e. The van der Waals surface area contributed by atoms with E-state index in [4.69, 9.17) is 37.9 Å². The minimum Gasteiger partial charge on any atom is -0.477 e. The lowest BCUT2D eigenvalue weighted by Gasteiger charge is -2.51. The number of amides is 3. The maximum atomic E-state index is 13.1. The number of carbonyl (C=O) groups is 4. The Hall–Kier alpha value is -3.74. The van der Waals surface area contributed by atoms with E-state index in [0.29, 0.717) is 6.54 Å². The zero-order valence-electron chi connectivity index (χ0n) is 45.7. The molecule has 4 saturated heterocycles. The number of carbonyl (C=O) groups excluding carboxylic acids is 3. The van der Waals surface area contributed by atoms with E-state index in [-0.39, 0.29) is 18.8 Å². The third kappa shape index (κ3) is 17.9. The highest BCUT2D eigenvalue weighted by Gasteiger charge is 2.61. The molecule has 5 heterocycles. The molecule has 15 N–H and O–H groups in total. The second-order valence-corrected chi connectivity index (χ2v) is 20.9. The lowest BCUT2D eigenvalue weighted by Crippen LogP contribution is -2.71. The second kappa shape index (κ2) is 32.4. The first-order valence-electron chi connectivity index (χ1n) is 27.6. The van der Waals surface area contributed by atoms with Crippen LogP contribution in [0.1, 0.15) is 122 Å². The van der Waals surface area contributed by atoms with Gasteiger partial charge in [0, 0.05) is 26.8 Å². The highest BCUT2D eigenvalue weighted by atomic mass is 16.8. The molecule has 5 rings (SSSR count). The van der Waals surface area contributed by atoms with Crippen LogP contribution >= 0.6 is 0 Å². The first-order valence-corrected chi connectivity index (χ1v) is 27.6. The van der Waals surface area contributed by atoms with Crippen LogP contribution in [0.2, 0.25) is 0 Å². The summed E-state index contributed by atoms with van der Waals surface area (Å²) < 4.78 is 49.0. The Morgan fingerprint density at radius 1 is 0.725 bits per heavy atom. The summed E-state index contributed by atoms with van der Waals surface area (Å²) in [6, 6.07) is -3.17. The summed E-state index contributed by atoms with van der Waals surface area (Å²) >= 11 is 0. The van der Waals surface area contributed by atoms with Crippen LogP contribution in [0.25, 0.3) is 0 Å². The Morgan fingerprint density at radius 2 is 1.30 bits per heavy atom. The quantitative estimate of drug-likeness (QED) is 0.0303. The van der Waals surface area contributed by atoms with E-state index in [1.54, 1.807) is 0 Å². The molecule has 0 unspecified atom stereocenters. The highest BCUT2D eigenvalue weighted by molar-refractivity contribution is 5.91. The SMILES string of the molecule is CCCCCCCCCCCCCCNC(=O)c1cn(CCO[C@@H]2O[C@H](CO)[C@@H](O[C@@H]3O[C@H](CO)[C@H](O)[C@H](O[C@]4(C(=O)O)C[C@H](O)[C@@H](NC(C)=O)[C@H]([C@H](O)[C@H](O)CO)O4)[C@H]3O)[C@H](O[C@@H]3O[C@@H](C)[C@@H](O)[C@@H](O)[C@@H]3O)[C@H]2NC(C)=O)nn1. The Morgan fingerprint density at radius 3 is 1.89 bits per heavy atom. The molecule has 0 saturated carbocycles. The molecule has 0 aliphatic carbocycles. The van der Waals surface area contributed by atoms with Crippen molar-refractivity contribution in [2.24, 2.45) is 0 Å². The van der Waals surface area contributed by atoms with Gasteiger partial charge >= 0.3 is 5.97 Å². The largest absolute Gasteiger partial charge is 0.477 e. The van der Waals surface area contributed by atoms with Gasteiger partial charge in [0.05, 0.1) is 57.4 Å². The molecule has 4 aliphatic rings. The van der Waals surface area contributed by atoms with Crippen molar-refractivity contribution in [3.8, 4) is 0 Å². The van der Waals surface area contributed by atoms with Crippen molar-refractivity contribution in [3.63, 3.8) is 0 Å². The van der Waals surface area contributed by atoms with E-state index in [1.165, 1.54) is 69.2 Å². The fourth-order valence-corrected chi connectivity index (χ4v) is 10.1. The molecular formula is C50H86N6O24. The van der Waals surface area contributed by atoms with Gasteiger partial charge in [-0.15, -0.1) is 5.10 Å². The highest BCUT2D eigenvalue weighted by Crippen LogP contribution is 2.39. The Labute approximate surface area is 462 Å². The minimum absolute atomic E-state index is 0.0320. The van der Waals surface area contributed by atoms with Gasteiger partial charge in [0.15, 0.2) is 24.6 Å². The number of ether oxygens (including phenoxy) is 8. The van der Waals surface area contributed by atoms with Crippen LogP contribution in [-0.2, 0) is 58.8 Å². The predicted octanol–water partition coefficient (Wildman–Crippen LogP) is -4.48. The number of aromatic nitrogens is 3. The van der Waals surface area contributed by atoms with Gasteiger partial charge in [0.1, 0.15) is 85.4 Å². The van der Waals surface area contributed by atoms with Gasteiger partial charge in [-0.2, -0.15) is 0 Å². The number of nitrogens with zero attached hydrogens (tertiary/aromatic N) is 3. The first kappa shape index (κ1) is 67.1. The van der Waals surface area contributed by atoms with Crippen molar-refractivity contribution in [2.45, 2.75) is 246 Å². The summed E-state index contributed by atoms with van der Waals surface area (Å²) in [5.74, 6) is -7.15. The molecule has 0 radical (unpaired) electrons. The minimum atomic E-state index is -3.15. The third-order valence-corrected chi connectivity index (χ3v) is 14.6. The summed E-state index contributed by atoms with van der Waals surface area (Å²) in [6.45, 7) is 2.67. The number of rotatable bonds is 32. The molecule has 0 bridgehead atoms. The van der Waals surface area contributed by atoms with E-state index >= 15 is 0 Å². The number of nitrogens with one attached hydrogen (secondary N) is 3. The molecular weight excluding hydrogens is 1070 g/mol. The fraction of sp³-hybridized carbons (Fsp3) is 0.880. The smallest absolute Gasteiger partial charge is 0.364 e. The standard InChI is InChI=1S/C50H86N6O24/c1-5-6-7-8-9-10-11-12-13-14-15-16-17-51-45(70)28-21-56(55-54-28)18-19-73-46-34(53-27(4)61)43(78-47-39(68)38(67)35(64)25(2)74-47)41(32(24-59)76-46)77-48-40(69)44(37(66)31(23-58)75-48)80-50(49(71)72)20-29(62)33(52-26(3)60)42(79-50)36(65)30(63)22-57/h21,25,29-44,46-48,57-59,62-69H,5-20,22-24H2,1-4H3,(H,51,70)(H,52,60)(H,53,61)(H,71,72)/t25-,29-,30+,31+,32+,33+,34+,35+,36+,37-,38+,39-,40+,41+,42+,43+,44-,46+,47-,48-,50-/m0/s1. The van der Waals surface area contributed by atoms with E-state index in [0.717, 1.165) is 39.5 Å². The molecule has 21 atom stereocenters. The molecule has 0 aromatic carbocycles. The Kier molecular flexibility index (Phi) is 27.1. The predicted molar refractivity (Wildman–Crippen MR) is 270 cm³/mol. The average molecular weight is 1160 g/mol. The van der Waals surface area contributed by atoms with Crippen molar-refractivity contribution in [1.82, 2.24) is 30.9 Å². The van der Waals surface area contributed by atoms with Crippen LogP contribution in [0.3, 0.4) is 0 Å². The topological polar surface area (TPSA) is 452 Å². The summed E-state index contributed by atoms with van der Waals surface area (Å²) in [4.78, 5) is 51.1. The van der Waals surface area contributed by atoms with Gasteiger partial charge in [-0.3, -0.25) is 14.4 Å². The van der Waals surface area contributed by atoms with Crippen LogP contribution in [0, 0.1) is 0 Å². The van der Waals surface area contributed by atoms with Crippen LogP contribution in [0.5, 0.6) is 0 Å². The van der Waals surface area contributed by atoms with Gasteiger partial charge in [-0.25, -0.2) is 9.48 Å². The van der Waals surface area contributed by atoms with Crippen LogP contribution < -0.4 is 16.0 Å². The van der Waals surface area contributed by atoms with Crippen LogP contribution in [0.15, 0.2) is 6.20 Å². The number of hydrogen-bond acceptors (Lipinski definition) is 25. The molecule has 1 aromatic heterocycles. The molecule has 460 valence electrons. The van der Waals surface area contributed by atoms with Crippen LogP contribution in [-0.4, -0.2) is 261 Å². The first-order chi connectivity index (χ1) is 38.1. The number of carboxylic acids is 1. The van der Waals surface area contributed by atoms with Crippen molar-refractivity contribution < 1.29 is 118 Å². The summed E-state index contributed by atoms with van der Waals surface area (Å²) in [6.07, 6.45) is -19.8. The third-order valence-electron chi connectivity index (χ3n) is 14.6. The van der Waals surface area contributed by atoms with Gasteiger partial charge in [0.25, 0.3) is 11.7 Å². The van der Waals surface area contributed by atoms with Crippen molar-refractivity contribution >= 4 is 23.7 Å². The fourth-order valence-electron chi connectivity index (χ4n) is 10.1. The molecule has 30 heteroatoms. The molecule has 4 aliphatic heterocycles. The van der Waals surface area contributed by atoms with Gasteiger partial charge in [-0.05, 0) is 13.3 Å². The van der Waals surface area contributed by atoms with E-state index in [1.807, 2.05) is 0 Å². The van der Waals surface area contributed by atoms with Crippen molar-refractivity contribution in [2.75, 3.05) is 33.0 Å². The molecule has 80 heavy (non-hydrogen) atoms. The van der Waals surface area contributed by atoms with Crippen molar-refractivity contribution in [3.05, 3.63) is 11.9 Å². The van der Waals surface area contributed by atoms with Gasteiger partial charge in [-0.1, -0.05) is 82.8 Å². The van der Waals surface area contributed by atoms with Gasteiger partial charge < -0.3 is 115 Å². The number of aliphatic hydroxyl groups excluding tert-OH is 11. The number of hydrogen-bond donors (Lipinski definition) is 15. The molecule has 0 spiro atoms. The normalized spacial score (nSPS) is 35.5. The van der Waals surface area contributed by atoms with E-state index in [2.05, 4.69) is 33.2 Å². The Balaban J connectivity index is 1.33. The zero-order chi connectivity index (χ0) is 58.8. The van der Waals surface area contributed by atoms with Gasteiger partial charge in [0.2, 0.25) is 11.8 Å². The molecule has 30 nitrogen and oxygen atoms in total. The second-order valence-electron chi connectivity index (χ2n) is 20.9. The molecule has 1 aromatic rings. The average Bonchev–Trinajstić information content (AvgIpc) is 3.91. The van der Waals surface area contributed by atoms with Crippen molar-refractivity contribution in [1.29, 1.82) is 0 Å². The maximum absolute atomic E-state index is 13.1. The van der Waals surface area contributed by atoms with E-state index in [9.17, 15) is 80.5 Å². The summed E-state index contributed by atoms with van der Waals surface area (Å²) in [7, 11) is 0. The monoisotopic (exact) mass is 1150 g/mol.